The lowest BCUT2D eigenvalue weighted by Crippen LogP contribution is -2.27. The summed E-state index contributed by atoms with van der Waals surface area (Å²) >= 11 is 11.6. The number of nitrogens with zero attached hydrogens (tertiary/aromatic N) is 1. The smallest absolute Gasteiger partial charge is 0.253 e. The first kappa shape index (κ1) is 15.9. The van der Waals surface area contributed by atoms with Crippen molar-refractivity contribution in [2.45, 2.75) is 13.0 Å². The van der Waals surface area contributed by atoms with Crippen molar-refractivity contribution in [1.29, 1.82) is 0 Å². The third-order valence-corrected chi connectivity index (χ3v) is 4.16. The standard InChI is InChI=1S/C16H14Cl2N2O3/c1-9(10-2-3-13-14(7-10)23-5-4-22-13)20-16(21)11-6-12(17)15(18)19-8-11/h2-3,6-9H,4-5H2,1H3,(H,20,21). The van der Waals surface area contributed by atoms with Gasteiger partial charge in [-0.05, 0) is 30.7 Å². The number of pyridine rings is 1. The molecule has 0 radical (unpaired) electrons. The van der Waals surface area contributed by atoms with Gasteiger partial charge < -0.3 is 14.8 Å². The summed E-state index contributed by atoms with van der Waals surface area (Å²) in [5.74, 6) is 1.12. The van der Waals surface area contributed by atoms with Crippen LogP contribution in [0.25, 0.3) is 0 Å². The van der Waals surface area contributed by atoms with Crippen molar-refractivity contribution in [2.75, 3.05) is 13.2 Å². The summed E-state index contributed by atoms with van der Waals surface area (Å²) in [6.45, 7) is 2.95. The average molecular weight is 353 g/mol. The molecule has 0 bridgehead atoms. The second-order valence-corrected chi connectivity index (χ2v) is 5.86. The molecule has 1 aromatic carbocycles. The fourth-order valence-electron chi connectivity index (χ4n) is 2.24. The maximum Gasteiger partial charge on any atom is 0.253 e. The van der Waals surface area contributed by atoms with Crippen LogP contribution in [0.15, 0.2) is 30.5 Å². The first-order chi connectivity index (χ1) is 11.0. The minimum Gasteiger partial charge on any atom is -0.486 e. The highest BCUT2D eigenvalue weighted by Gasteiger charge is 2.17. The lowest BCUT2D eigenvalue weighted by Gasteiger charge is -2.21. The Hall–Kier alpha value is -1.98. The minimum atomic E-state index is -0.279. The predicted octanol–water partition coefficient (Wildman–Crippen LogP) is 3.65. The largest absolute Gasteiger partial charge is 0.486 e. The van der Waals surface area contributed by atoms with E-state index in [0.29, 0.717) is 30.3 Å². The van der Waals surface area contributed by atoms with Crippen LogP contribution in [0.4, 0.5) is 0 Å². The Balaban J connectivity index is 1.74. The number of nitrogens with one attached hydrogen (secondary N) is 1. The van der Waals surface area contributed by atoms with Gasteiger partial charge in [0.05, 0.1) is 16.6 Å². The molecule has 1 N–H and O–H groups in total. The number of rotatable bonds is 3. The summed E-state index contributed by atoms with van der Waals surface area (Å²) in [4.78, 5) is 16.1. The molecule has 1 atom stereocenters. The topological polar surface area (TPSA) is 60.5 Å². The Labute approximate surface area is 143 Å². The highest BCUT2D eigenvalue weighted by molar-refractivity contribution is 6.41. The van der Waals surface area contributed by atoms with Gasteiger partial charge in [0.1, 0.15) is 18.4 Å². The molecule has 1 aromatic heterocycles. The van der Waals surface area contributed by atoms with Gasteiger partial charge in [-0.3, -0.25) is 4.79 Å². The molecule has 0 saturated heterocycles. The van der Waals surface area contributed by atoms with Gasteiger partial charge in [0.25, 0.3) is 5.91 Å². The van der Waals surface area contributed by atoms with Gasteiger partial charge in [-0.25, -0.2) is 4.98 Å². The summed E-state index contributed by atoms with van der Waals surface area (Å²) in [6, 6.07) is 6.88. The molecular weight excluding hydrogens is 339 g/mol. The number of carbonyl (C=O) groups excluding carboxylic acids is 1. The molecule has 1 unspecified atom stereocenters. The van der Waals surface area contributed by atoms with Crippen molar-refractivity contribution in [3.63, 3.8) is 0 Å². The van der Waals surface area contributed by atoms with Gasteiger partial charge in [0.2, 0.25) is 0 Å². The van der Waals surface area contributed by atoms with E-state index >= 15 is 0 Å². The molecule has 7 heteroatoms. The zero-order chi connectivity index (χ0) is 16.4. The first-order valence-corrected chi connectivity index (χ1v) is 7.81. The molecule has 1 aliphatic rings. The Morgan fingerprint density at radius 2 is 1.96 bits per heavy atom. The number of carbonyl (C=O) groups is 1. The van der Waals surface area contributed by atoms with E-state index < -0.39 is 0 Å². The second-order valence-electron chi connectivity index (χ2n) is 5.09. The number of hydrogen-bond donors (Lipinski definition) is 1. The van der Waals surface area contributed by atoms with Crippen LogP contribution in [0.3, 0.4) is 0 Å². The monoisotopic (exact) mass is 352 g/mol. The van der Waals surface area contributed by atoms with Crippen molar-refractivity contribution >= 4 is 29.1 Å². The van der Waals surface area contributed by atoms with Crippen molar-refractivity contribution in [3.05, 3.63) is 51.8 Å². The number of hydrogen-bond acceptors (Lipinski definition) is 4. The second kappa shape index (κ2) is 6.64. The van der Waals surface area contributed by atoms with Gasteiger partial charge in [-0.15, -0.1) is 0 Å². The number of fused-ring (bicyclic) bond motifs is 1. The van der Waals surface area contributed by atoms with E-state index in [1.165, 1.54) is 12.3 Å². The molecule has 1 amide bonds. The summed E-state index contributed by atoms with van der Waals surface area (Å²) in [7, 11) is 0. The highest BCUT2D eigenvalue weighted by atomic mass is 35.5. The molecule has 0 aliphatic carbocycles. The molecule has 0 fully saturated rings. The van der Waals surface area contributed by atoms with Crippen LogP contribution in [0.1, 0.15) is 28.9 Å². The van der Waals surface area contributed by atoms with Crippen LogP contribution >= 0.6 is 23.2 Å². The highest BCUT2D eigenvalue weighted by Crippen LogP contribution is 2.32. The SMILES string of the molecule is CC(NC(=O)c1cnc(Cl)c(Cl)c1)c1ccc2c(c1)OCCO2. The maximum atomic E-state index is 12.3. The normalized spacial score (nSPS) is 14.2. The van der Waals surface area contributed by atoms with Gasteiger partial charge in [-0.1, -0.05) is 29.3 Å². The maximum absolute atomic E-state index is 12.3. The lowest BCUT2D eigenvalue weighted by atomic mass is 10.1. The van der Waals surface area contributed by atoms with Crippen molar-refractivity contribution in [1.82, 2.24) is 10.3 Å². The number of benzene rings is 1. The molecule has 120 valence electrons. The van der Waals surface area contributed by atoms with Gasteiger partial charge in [0.15, 0.2) is 11.5 Å². The molecule has 23 heavy (non-hydrogen) atoms. The fourth-order valence-corrected chi connectivity index (χ4v) is 2.51. The van der Waals surface area contributed by atoms with Gasteiger partial charge >= 0.3 is 0 Å². The Kier molecular flexibility index (Phi) is 4.59. The molecule has 1 aliphatic heterocycles. The van der Waals surface area contributed by atoms with E-state index in [0.717, 1.165) is 5.56 Å². The van der Waals surface area contributed by atoms with Gasteiger partial charge in [-0.2, -0.15) is 0 Å². The number of aromatic nitrogens is 1. The van der Waals surface area contributed by atoms with Crippen LogP contribution < -0.4 is 14.8 Å². The molecule has 2 aromatic rings. The van der Waals surface area contributed by atoms with Crippen LogP contribution in [0, 0.1) is 0 Å². The number of amides is 1. The minimum absolute atomic E-state index is 0.170. The predicted molar refractivity (Wildman–Crippen MR) is 87.6 cm³/mol. The molecular formula is C16H14Cl2N2O3. The summed E-state index contributed by atoms with van der Waals surface area (Å²) in [5, 5.41) is 3.30. The van der Waals surface area contributed by atoms with E-state index in [4.69, 9.17) is 32.7 Å². The van der Waals surface area contributed by atoms with Crippen molar-refractivity contribution in [3.8, 4) is 11.5 Å². The van der Waals surface area contributed by atoms with E-state index in [2.05, 4.69) is 10.3 Å². The number of halogens is 2. The fraction of sp³-hybridized carbons (Fsp3) is 0.250. The molecule has 3 rings (SSSR count). The Morgan fingerprint density at radius 3 is 2.70 bits per heavy atom. The first-order valence-electron chi connectivity index (χ1n) is 7.06. The van der Waals surface area contributed by atoms with Crippen molar-refractivity contribution < 1.29 is 14.3 Å². The Bertz CT molecular complexity index is 752. The molecule has 0 spiro atoms. The third kappa shape index (κ3) is 3.51. The van der Waals surface area contributed by atoms with Crippen molar-refractivity contribution in [2.24, 2.45) is 0 Å². The molecule has 0 saturated carbocycles. The van der Waals surface area contributed by atoms with Crippen LogP contribution in [0.2, 0.25) is 10.2 Å². The Morgan fingerprint density at radius 1 is 1.22 bits per heavy atom. The van der Waals surface area contributed by atoms with Crippen LogP contribution in [0.5, 0.6) is 11.5 Å². The van der Waals surface area contributed by atoms with Crippen LogP contribution in [-0.2, 0) is 0 Å². The zero-order valence-electron chi connectivity index (χ0n) is 12.3. The van der Waals surface area contributed by atoms with Crippen LogP contribution in [-0.4, -0.2) is 24.1 Å². The summed E-state index contributed by atoms with van der Waals surface area (Å²) < 4.78 is 11.0. The molecule has 5 nitrogen and oxygen atoms in total. The van der Waals surface area contributed by atoms with E-state index in [1.54, 1.807) is 0 Å². The molecule has 2 heterocycles. The van der Waals surface area contributed by atoms with Gasteiger partial charge in [0, 0.05) is 6.20 Å². The van der Waals surface area contributed by atoms with E-state index in [1.807, 2.05) is 25.1 Å². The summed E-state index contributed by atoms with van der Waals surface area (Å²) in [6.07, 6.45) is 1.39. The average Bonchev–Trinajstić information content (AvgIpc) is 2.56. The number of ether oxygens (including phenoxy) is 2. The van der Waals surface area contributed by atoms with E-state index in [9.17, 15) is 4.79 Å². The lowest BCUT2D eigenvalue weighted by molar-refractivity contribution is 0.0939. The zero-order valence-corrected chi connectivity index (χ0v) is 13.8. The third-order valence-electron chi connectivity index (χ3n) is 3.47. The van der Waals surface area contributed by atoms with E-state index in [-0.39, 0.29) is 22.1 Å². The quantitative estimate of drug-likeness (QED) is 0.856. The summed E-state index contributed by atoms with van der Waals surface area (Å²) in [5.41, 5.74) is 1.26.